The predicted octanol–water partition coefficient (Wildman–Crippen LogP) is 3.92. The van der Waals surface area contributed by atoms with Gasteiger partial charge in [0.05, 0.1) is 12.6 Å². The Kier molecular flexibility index (Phi) is 6.94. The smallest absolute Gasteiger partial charge is 0.234 e. The van der Waals surface area contributed by atoms with Gasteiger partial charge in [0.25, 0.3) is 0 Å². The topological polar surface area (TPSA) is 32.3 Å². The van der Waals surface area contributed by atoms with Crippen LogP contribution in [-0.4, -0.2) is 23.9 Å². The number of rotatable bonds is 8. The summed E-state index contributed by atoms with van der Waals surface area (Å²) in [4.78, 5) is 14.5. The molecule has 0 aliphatic carbocycles. The molecule has 1 atom stereocenters. The molecular weight excluding hydrogens is 303 g/mol. The number of carbonyl (C=O) groups excluding carboxylic acids is 1. The van der Waals surface area contributed by atoms with Crippen molar-refractivity contribution < 1.29 is 9.18 Å². The first-order valence-corrected chi connectivity index (χ1v) is 8.39. The average Bonchev–Trinajstić information content (AvgIpc) is 2.56. The molecule has 4 heteroatoms. The molecule has 1 unspecified atom stereocenters. The standard InChI is InChI=1S/C20H25FN2O/c1-3-13-23(14-17-7-5-4-6-8-17)15-20(24)22-16(2)18-9-11-19(21)12-10-18/h4-12,16H,3,13-15H2,1-2H3,(H,22,24). The quantitative estimate of drug-likeness (QED) is 0.797. The number of benzene rings is 2. The molecule has 0 aliphatic heterocycles. The molecule has 0 saturated heterocycles. The minimum absolute atomic E-state index is 0.0174. The molecule has 2 aromatic carbocycles. The molecule has 1 N–H and O–H groups in total. The van der Waals surface area contributed by atoms with E-state index in [4.69, 9.17) is 0 Å². The molecule has 128 valence electrons. The van der Waals surface area contributed by atoms with Crippen molar-refractivity contribution >= 4 is 5.91 Å². The summed E-state index contributed by atoms with van der Waals surface area (Å²) in [7, 11) is 0. The average molecular weight is 328 g/mol. The van der Waals surface area contributed by atoms with E-state index in [1.165, 1.54) is 17.7 Å². The van der Waals surface area contributed by atoms with E-state index in [1.54, 1.807) is 12.1 Å². The van der Waals surface area contributed by atoms with Crippen LogP contribution in [-0.2, 0) is 11.3 Å². The van der Waals surface area contributed by atoms with Gasteiger partial charge in [-0.25, -0.2) is 4.39 Å². The van der Waals surface area contributed by atoms with Crippen LogP contribution in [0.25, 0.3) is 0 Å². The molecule has 0 radical (unpaired) electrons. The van der Waals surface area contributed by atoms with E-state index in [-0.39, 0.29) is 17.8 Å². The number of amides is 1. The fourth-order valence-electron chi connectivity index (χ4n) is 2.70. The van der Waals surface area contributed by atoms with Crippen LogP contribution < -0.4 is 5.32 Å². The van der Waals surface area contributed by atoms with Crippen molar-refractivity contribution in [2.45, 2.75) is 32.9 Å². The maximum atomic E-state index is 13.0. The summed E-state index contributed by atoms with van der Waals surface area (Å²) in [6, 6.07) is 16.2. The Balaban J connectivity index is 1.91. The maximum Gasteiger partial charge on any atom is 0.234 e. The van der Waals surface area contributed by atoms with Crippen molar-refractivity contribution in [2.75, 3.05) is 13.1 Å². The van der Waals surface area contributed by atoms with Crippen molar-refractivity contribution in [3.05, 3.63) is 71.5 Å². The Labute approximate surface area is 143 Å². The summed E-state index contributed by atoms with van der Waals surface area (Å²) in [6.45, 7) is 6.00. The lowest BCUT2D eigenvalue weighted by atomic mass is 10.1. The van der Waals surface area contributed by atoms with E-state index in [1.807, 2.05) is 25.1 Å². The summed E-state index contributed by atoms with van der Waals surface area (Å²) < 4.78 is 13.0. The highest BCUT2D eigenvalue weighted by Crippen LogP contribution is 2.13. The normalized spacial score (nSPS) is 12.2. The molecule has 0 fully saturated rings. The molecule has 0 spiro atoms. The van der Waals surface area contributed by atoms with Crippen molar-refractivity contribution in [2.24, 2.45) is 0 Å². The lowest BCUT2D eigenvalue weighted by molar-refractivity contribution is -0.123. The van der Waals surface area contributed by atoms with E-state index in [0.29, 0.717) is 6.54 Å². The second-order valence-electron chi connectivity index (χ2n) is 6.04. The van der Waals surface area contributed by atoms with Gasteiger partial charge in [-0.15, -0.1) is 0 Å². The second kappa shape index (κ2) is 9.18. The van der Waals surface area contributed by atoms with Crippen molar-refractivity contribution in [3.63, 3.8) is 0 Å². The number of hydrogen-bond acceptors (Lipinski definition) is 2. The van der Waals surface area contributed by atoms with E-state index < -0.39 is 0 Å². The first kappa shape index (κ1) is 18.1. The van der Waals surface area contributed by atoms with Gasteiger partial charge in [-0.2, -0.15) is 0 Å². The van der Waals surface area contributed by atoms with E-state index in [0.717, 1.165) is 25.1 Å². The van der Waals surface area contributed by atoms with Crippen molar-refractivity contribution in [1.29, 1.82) is 0 Å². The molecule has 0 aliphatic rings. The van der Waals surface area contributed by atoms with Crippen molar-refractivity contribution in [3.8, 4) is 0 Å². The van der Waals surface area contributed by atoms with Crippen LogP contribution in [0.5, 0.6) is 0 Å². The van der Waals surface area contributed by atoms with Crippen LogP contribution in [0, 0.1) is 5.82 Å². The molecule has 24 heavy (non-hydrogen) atoms. The van der Waals surface area contributed by atoms with Crippen LogP contribution in [0.1, 0.15) is 37.4 Å². The van der Waals surface area contributed by atoms with Crippen LogP contribution in [0.2, 0.25) is 0 Å². The maximum absolute atomic E-state index is 13.0. The molecule has 1 amide bonds. The predicted molar refractivity (Wildman–Crippen MR) is 95.0 cm³/mol. The zero-order chi connectivity index (χ0) is 17.4. The largest absolute Gasteiger partial charge is 0.348 e. The number of halogens is 1. The number of nitrogens with zero attached hydrogens (tertiary/aromatic N) is 1. The van der Waals surface area contributed by atoms with E-state index >= 15 is 0 Å². The monoisotopic (exact) mass is 328 g/mol. The van der Waals surface area contributed by atoms with Gasteiger partial charge in [-0.05, 0) is 43.1 Å². The Bertz CT molecular complexity index is 628. The molecule has 0 aromatic heterocycles. The molecule has 2 rings (SSSR count). The highest BCUT2D eigenvalue weighted by molar-refractivity contribution is 5.78. The van der Waals surface area contributed by atoms with Crippen LogP contribution in [0.3, 0.4) is 0 Å². The summed E-state index contributed by atoms with van der Waals surface area (Å²) in [5.41, 5.74) is 2.10. The highest BCUT2D eigenvalue weighted by Gasteiger charge is 2.14. The zero-order valence-electron chi connectivity index (χ0n) is 14.3. The first-order valence-electron chi connectivity index (χ1n) is 8.39. The van der Waals surface area contributed by atoms with E-state index in [2.05, 4.69) is 29.3 Å². The van der Waals surface area contributed by atoms with Crippen LogP contribution in [0.4, 0.5) is 4.39 Å². The Morgan fingerprint density at radius 3 is 2.42 bits per heavy atom. The van der Waals surface area contributed by atoms with Gasteiger partial charge in [0, 0.05) is 6.54 Å². The van der Waals surface area contributed by atoms with Gasteiger partial charge >= 0.3 is 0 Å². The minimum Gasteiger partial charge on any atom is -0.348 e. The SMILES string of the molecule is CCCN(CC(=O)NC(C)c1ccc(F)cc1)Cc1ccccc1. The zero-order valence-corrected chi connectivity index (χ0v) is 14.3. The van der Waals surface area contributed by atoms with Gasteiger partial charge in [0.1, 0.15) is 5.82 Å². The number of carbonyl (C=O) groups is 1. The lowest BCUT2D eigenvalue weighted by Gasteiger charge is -2.23. The van der Waals surface area contributed by atoms with E-state index in [9.17, 15) is 9.18 Å². The van der Waals surface area contributed by atoms with Gasteiger partial charge in [0.15, 0.2) is 0 Å². The molecule has 2 aromatic rings. The Morgan fingerprint density at radius 1 is 1.12 bits per heavy atom. The molecule has 0 bridgehead atoms. The van der Waals surface area contributed by atoms with Gasteiger partial charge in [-0.1, -0.05) is 49.4 Å². The van der Waals surface area contributed by atoms with Gasteiger partial charge in [-0.3, -0.25) is 9.69 Å². The Morgan fingerprint density at radius 2 is 1.79 bits per heavy atom. The third-order valence-electron chi connectivity index (χ3n) is 3.90. The first-order chi connectivity index (χ1) is 11.6. The molecular formula is C20H25FN2O. The number of nitrogens with one attached hydrogen (secondary N) is 1. The fourth-order valence-corrected chi connectivity index (χ4v) is 2.70. The second-order valence-corrected chi connectivity index (χ2v) is 6.04. The van der Waals surface area contributed by atoms with Crippen molar-refractivity contribution in [1.82, 2.24) is 10.2 Å². The summed E-state index contributed by atoms with van der Waals surface area (Å²) in [5.74, 6) is -0.287. The van der Waals surface area contributed by atoms with Gasteiger partial charge in [0.2, 0.25) is 5.91 Å². The van der Waals surface area contributed by atoms with Crippen LogP contribution in [0.15, 0.2) is 54.6 Å². The lowest BCUT2D eigenvalue weighted by Crippen LogP contribution is -2.38. The third kappa shape index (κ3) is 5.78. The molecule has 0 saturated carbocycles. The minimum atomic E-state index is -0.269. The summed E-state index contributed by atoms with van der Waals surface area (Å²) in [6.07, 6.45) is 0.994. The summed E-state index contributed by atoms with van der Waals surface area (Å²) in [5, 5.41) is 2.99. The van der Waals surface area contributed by atoms with Gasteiger partial charge < -0.3 is 5.32 Å². The highest BCUT2D eigenvalue weighted by atomic mass is 19.1. The fraction of sp³-hybridized carbons (Fsp3) is 0.350. The number of hydrogen-bond donors (Lipinski definition) is 1. The Hall–Kier alpha value is -2.20. The third-order valence-corrected chi connectivity index (χ3v) is 3.90. The summed E-state index contributed by atoms with van der Waals surface area (Å²) >= 11 is 0. The molecule has 3 nitrogen and oxygen atoms in total. The van der Waals surface area contributed by atoms with Crippen LogP contribution >= 0.6 is 0 Å². The molecule has 0 heterocycles.